The number of hydrogen-bond donors (Lipinski definition) is 1. The van der Waals surface area contributed by atoms with E-state index in [1.54, 1.807) is 0 Å². The van der Waals surface area contributed by atoms with Crippen molar-refractivity contribution in [1.29, 1.82) is 0 Å². The second-order valence-corrected chi connectivity index (χ2v) is 6.49. The molecule has 5 rings (SSSR count). The molecule has 1 aliphatic heterocycles. The number of nitrogens with one attached hydrogen (secondary N) is 1. The minimum Gasteiger partial charge on any atom is -0.269 e. The first-order valence-electron chi connectivity index (χ1n) is 8.30. The van der Waals surface area contributed by atoms with Gasteiger partial charge in [0.15, 0.2) is 6.54 Å². The summed E-state index contributed by atoms with van der Waals surface area (Å²) < 4.78 is 1.97. The van der Waals surface area contributed by atoms with Crippen LogP contribution in [-0.2, 0) is 4.79 Å². The van der Waals surface area contributed by atoms with E-state index >= 15 is 0 Å². The van der Waals surface area contributed by atoms with Crippen molar-refractivity contribution in [3.05, 3.63) is 60.2 Å². The van der Waals surface area contributed by atoms with Gasteiger partial charge in [-0.2, -0.15) is 0 Å². The van der Waals surface area contributed by atoms with Crippen molar-refractivity contribution < 1.29 is 9.48 Å². The van der Waals surface area contributed by atoms with E-state index in [0.29, 0.717) is 6.42 Å². The normalized spacial score (nSPS) is 17.1. The smallest absolute Gasteiger partial charge is 0.269 e. The molecule has 0 saturated carbocycles. The molecule has 1 saturated heterocycles. The third-order valence-electron chi connectivity index (χ3n) is 5.12. The van der Waals surface area contributed by atoms with Crippen LogP contribution >= 0.6 is 0 Å². The lowest BCUT2D eigenvalue weighted by Gasteiger charge is -2.13. The fraction of sp³-hybridized carbons (Fsp3) is 0.143. The van der Waals surface area contributed by atoms with Crippen LogP contribution in [0, 0.1) is 0 Å². The molecule has 4 aromatic carbocycles. The van der Waals surface area contributed by atoms with Gasteiger partial charge in [-0.05, 0) is 38.4 Å². The fourth-order valence-corrected chi connectivity index (χ4v) is 3.93. The Morgan fingerprint density at radius 3 is 2.42 bits per heavy atom. The number of hydrogen-bond acceptors (Lipinski definition) is 1. The molecule has 0 radical (unpaired) electrons. The first kappa shape index (κ1) is 13.5. The third-order valence-corrected chi connectivity index (χ3v) is 5.12. The molecule has 0 unspecified atom stereocenters. The van der Waals surface area contributed by atoms with Gasteiger partial charge < -0.3 is 0 Å². The Labute approximate surface area is 139 Å². The van der Waals surface area contributed by atoms with E-state index in [-0.39, 0.29) is 5.91 Å². The van der Waals surface area contributed by atoms with Gasteiger partial charge in [-0.15, -0.1) is 10.1 Å². The summed E-state index contributed by atoms with van der Waals surface area (Å²) in [5.74, 6) is 0.0893. The number of nitrogens with zero attached hydrogens (tertiary/aromatic N) is 1. The van der Waals surface area contributed by atoms with E-state index in [0.717, 1.165) is 12.3 Å². The maximum atomic E-state index is 11.6. The zero-order valence-corrected chi connectivity index (χ0v) is 13.5. The van der Waals surface area contributed by atoms with Crippen LogP contribution in [-0.4, -0.2) is 22.8 Å². The number of hydrazone groups is 1. The highest BCUT2D eigenvalue weighted by Gasteiger charge is 2.26. The van der Waals surface area contributed by atoms with E-state index in [1.165, 1.54) is 37.9 Å². The second-order valence-electron chi connectivity index (χ2n) is 6.49. The fourth-order valence-electron chi connectivity index (χ4n) is 3.93. The number of rotatable bonds is 1. The summed E-state index contributed by atoms with van der Waals surface area (Å²) in [7, 11) is 0. The number of benzene rings is 4. The SMILES string of the molecule is C/C(c1cc2cccc3ccc4cccc1c4c32)=[N+]1/CCC(=O)N1. The monoisotopic (exact) mass is 313 g/mol. The molecule has 3 heteroatoms. The largest absolute Gasteiger partial charge is 0.280 e. The number of hydrazine groups is 1. The summed E-state index contributed by atoms with van der Waals surface area (Å²) in [5, 5.41) is 7.67. The highest BCUT2D eigenvalue weighted by Crippen LogP contribution is 2.36. The Morgan fingerprint density at radius 2 is 1.67 bits per heavy atom. The van der Waals surface area contributed by atoms with Crippen LogP contribution in [0.5, 0.6) is 0 Å². The van der Waals surface area contributed by atoms with Crippen molar-refractivity contribution in [2.24, 2.45) is 0 Å². The Balaban J connectivity index is 1.94. The molecule has 116 valence electrons. The Bertz CT molecular complexity index is 1160. The van der Waals surface area contributed by atoms with Gasteiger partial charge >= 0.3 is 0 Å². The highest BCUT2D eigenvalue weighted by atomic mass is 16.2. The third kappa shape index (κ3) is 1.78. The van der Waals surface area contributed by atoms with Crippen molar-refractivity contribution in [2.75, 3.05) is 6.54 Å². The average Bonchev–Trinajstić information content (AvgIpc) is 3.05. The van der Waals surface area contributed by atoms with Gasteiger partial charge in [0.05, 0.1) is 12.0 Å². The molecule has 0 aromatic heterocycles. The standard InChI is InChI=1S/C21H16N2O/c1-13(23-11-10-19(24)22-23)18-12-16-6-2-4-14-8-9-15-5-3-7-17(18)21(15)20(14)16/h2-9,12H,10-11H2,1H3/p+1/b23-13+. The minimum atomic E-state index is 0.0893. The van der Waals surface area contributed by atoms with Crippen LogP contribution in [0.4, 0.5) is 0 Å². The summed E-state index contributed by atoms with van der Waals surface area (Å²) in [6, 6.07) is 19.6. The van der Waals surface area contributed by atoms with E-state index in [1.807, 2.05) is 4.68 Å². The Morgan fingerprint density at radius 1 is 0.958 bits per heavy atom. The molecule has 0 spiro atoms. The Kier molecular flexibility index (Phi) is 2.69. The predicted octanol–water partition coefficient (Wildman–Crippen LogP) is 3.84. The molecule has 4 aromatic rings. The summed E-state index contributed by atoms with van der Waals surface area (Å²) >= 11 is 0. The van der Waals surface area contributed by atoms with Gasteiger partial charge in [-0.25, -0.2) is 0 Å². The van der Waals surface area contributed by atoms with Gasteiger partial charge in [0.2, 0.25) is 5.71 Å². The van der Waals surface area contributed by atoms with Crippen LogP contribution < -0.4 is 5.43 Å². The van der Waals surface area contributed by atoms with Crippen molar-refractivity contribution in [3.63, 3.8) is 0 Å². The van der Waals surface area contributed by atoms with Gasteiger partial charge in [-0.3, -0.25) is 4.79 Å². The summed E-state index contributed by atoms with van der Waals surface area (Å²) in [5.41, 5.74) is 5.23. The van der Waals surface area contributed by atoms with Gasteiger partial charge in [0.25, 0.3) is 5.91 Å². The lowest BCUT2D eigenvalue weighted by Crippen LogP contribution is -2.29. The number of amides is 1. The summed E-state index contributed by atoms with van der Waals surface area (Å²) in [6.45, 7) is 2.81. The highest BCUT2D eigenvalue weighted by molar-refractivity contribution is 6.27. The molecule has 1 aliphatic rings. The minimum absolute atomic E-state index is 0.0893. The molecule has 0 atom stereocenters. The predicted molar refractivity (Wildman–Crippen MR) is 97.8 cm³/mol. The zero-order valence-electron chi connectivity index (χ0n) is 13.5. The van der Waals surface area contributed by atoms with Crippen LogP contribution in [0.3, 0.4) is 0 Å². The van der Waals surface area contributed by atoms with Gasteiger partial charge in [0.1, 0.15) is 0 Å². The van der Waals surface area contributed by atoms with Crippen LogP contribution in [0.1, 0.15) is 18.9 Å². The zero-order chi connectivity index (χ0) is 16.3. The molecule has 1 heterocycles. The quantitative estimate of drug-likeness (QED) is 0.420. The van der Waals surface area contributed by atoms with Crippen molar-refractivity contribution in [2.45, 2.75) is 13.3 Å². The Hall–Kier alpha value is -2.94. The van der Waals surface area contributed by atoms with Crippen LogP contribution in [0.15, 0.2) is 54.6 Å². The van der Waals surface area contributed by atoms with E-state index in [2.05, 4.69) is 66.9 Å². The molecule has 1 fully saturated rings. The topological polar surface area (TPSA) is 32.1 Å². The van der Waals surface area contributed by atoms with Gasteiger partial charge in [-0.1, -0.05) is 48.5 Å². The molecule has 0 aliphatic carbocycles. The van der Waals surface area contributed by atoms with E-state index in [9.17, 15) is 4.79 Å². The first-order valence-corrected chi connectivity index (χ1v) is 8.30. The molecule has 24 heavy (non-hydrogen) atoms. The maximum Gasteiger partial charge on any atom is 0.280 e. The van der Waals surface area contributed by atoms with Gasteiger partial charge in [0, 0.05) is 6.92 Å². The molecular weight excluding hydrogens is 296 g/mol. The van der Waals surface area contributed by atoms with E-state index in [4.69, 9.17) is 0 Å². The molecule has 0 bridgehead atoms. The molecule has 1 amide bonds. The van der Waals surface area contributed by atoms with E-state index < -0.39 is 0 Å². The second kappa shape index (κ2) is 4.78. The number of carbonyl (C=O) groups excluding carboxylic acids is 1. The van der Waals surface area contributed by atoms with Crippen molar-refractivity contribution in [1.82, 2.24) is 5.43 Å². The number of carbonyl (C=O) groups is 1. The van der Waals surface area contributed by atoms with Crippen molar-refractivity contribution in [3.8, 4) is 0 Å². The van der Waals surface area contributed by atoms with Crippen LogP contribution in [0.25, 0.3) is 32.3 Å². The first-order chi connectivity index (χ1) is 11.7. The summed E-state index contributed by atoms with van der Waals surface area (Å²) in [4.78, 5) is 11.6. The maximum absolute atomic E-state index is 11.6. The van der Waals surface area contributed by atoms with Crippen LogP contribution in [0.2, 0.25) is 0 Å². The molecular formula is C21H17N2O+. The summed E-state index contributed by atoms with van der Waals surface area (Å²) in [6.07, 6.45) is 0.557. The average molecular weight is 313 g/mol. The lowest BCUT2D eigenvalue weighted by atomic mass is 9.90. The lowest BCUT2D eigenvalue weighted by molar-refractivity contribution is -0.558. The van der Waals surface area contributed by atoms with Crippen molar-refractivity contribution >= 4 is 43.9 Å². The molecule has 3 nitrogen and oxygen atoms in total. The molecule has 1 N–H and O–H groups in total.